The van der Waals surface area contributed by atoms with Crippen molar-refractivity contribution < 1.29 is 19.1 Å². The van der Waals surface area contributed by atoms with Crippen molar-refractivity contribution in [1.82, 2.24) is 0 Å². The Morgan fingerprint density at radius 3 is 2.20 bits per heavy atom. The number of carbonyl (C=O) groups is 3. The van der Waals surface area contributed by atoms with Crippen LogP contribution < -0.4 is 15.0 Å². The van der Waals surface area contributed by atoms with Gasteiger partial charge >= 0.3 is 5.97 Å². The van der Waals surface area contributed by atoms with Crippen molar-refractivity contribution in [1.29, 1.82) is 0 Å². The van der Waals surface area contributed by atoms with Crippen LogP contribution in [0, 0.1) is 27.7 Å². The fourth-order valence-corrected chi connectivity index (χ4v) is 4.24. The van der Waals surface area contributed by atoms with Gasteiger partial charge < -0.3 is 10.1 Å². The highest BCUT2D eigenvalue weighted by Gasteiger charge is 2.39. The minimum atomic E-state index is -0.631. The summed E-state index contributed by atoms with van der Waals surface area (Å²) >= 11 is 12.2. The van der Waals surface area contributed by atoms with E-state index >= 15 is 0 Å². The van der Waals surface area contributed by atoms with Gasteiger partial charge in [-0.2, -0.15) is 0 Å². The fraction of sp³-hybridized carbons (Fsp3) is 0.148. The molecule has 0 aromatic heterocycles. The molecule has 0 aliphatic carbocycles. The topological polar surface area (TPSA) is 75.7 Å². The molecule has 0 atom stereocenters. The third-order valence-electron chi connectivity index (χ3n) is 5.78. The highest BCUT2D eigenvalue weighted by atomic mass is 35.5. The van der Waals surface area contributed by atoms with Gasteiger partial charge in [-0.1, -0.05) is 29.3 Å². The molecule has 6 nitrogen and oxygen atoms in total. The summed E-state index contributed by atoms with van der Waals surface area (Å²) in [4.78, 5) is 39.4. The number of hydrogen-bond donors (Lipinski definition) is 1. The summed E-state index contributed by atoms with van der Waals surface area (Å²) in [5, 5.41) is 3.17. The highest BCUT2D eigenvalue weighted by Crippen LogP contribution is 2.33. The first-order chi connectivity index (χ1) is 16.6. The zero-order chi connectivity index (χ0) is 25.4. The molecule has 0 saturated heterocycles. The average molecular weight is 509 g/mol. The summed E-state index contributed by atoms with van der Waals surface area (Å²) in [7, 11) is 0. The summed E-state index contributed by atoms with van der Waals surface area (Å²) in [5.41, 5.74) is 4.76. The van der Waals surface area contributed by atoms with Crippen molar-refractivity contribution >= 4 is 52.4 Å². The van der Waals surface area contributed by atoms with E-state index in [1.807, 2.05) is 32.9 Å². The number of anilines is 2. The normalized spacial score (nSPS) is 13.5. The largest absolute Gasteiger partial charge is 0.423 e. The zero-order valence-electron chi connectivity index (χ0n) is 19.5. The maximum atomic E-state index is 13.0. The van der Waals surface area contributed by atoms with Gasteiger partial charge in [-0.15, -0.1) is 0 Å². The SMILES string of the molecule is Cc1cc(C)c(C)c(OC(=O)c2ccc(NC3=C(Cl)C(=O)N(c4ccc(Cl)cc4C)C3=O)cc2)c1. The number of aryl methyl sites for hydroxylation is 3. The number of ether oxygens (including phenoxy) is 1. The molecule has 1 aliphatic rings. The van der Waals surface area contributed by atoms with E-state index in [9.17, 15) is 14.4 Å². The fourth-order valence-electron chi connectivity index (χ4n) is 3.80. The lowest BCUT2D eigenvalue weighted by atomic mass is 10.1. The van der Waals surface area contributed by atoms with Crippen LogP contribution in [0.5, 0.6) is 5.75 Å². The van der Waals surface area contributed by atoms with E-state index in [1.54, 1.807) is 49.4 Å². The first kappa shape index (κ1) is 24.5. The van der Waals surface area contributed by atoms with Crippen molar-refractivity contribution in [3.05, 3.63) is 98.2 Å². The van der Waals surface area contributed by atoms with Crippen LogP contribution >= 0.6 is 23.2 Å². The smallest absolute Gasteiger partial charge is 0.343 e. The van der Waals surface area contributed by atoms with Crippen molar-refractivity contribution in [3.8, 4) is 5.75 Å². The second-order valence-electron chi connectivity index (χ2n) is 8.36. The molecule has 0 saturated carbocycles. The molecule has 1 N–H and O–H groups in total. The Bertz CT molecular complexity index is 1410. The number of nitrogens with zero attached hydrogens (tertiary/aromatic N) is 1. The molecule has 1 aliphatic heterocycles. The van der Waals surface area contributed by atoms with Crippen LogP contribution in [0.2, 0.25) is 5.02 Å². The van der Waals surface area contributed by atoms with Crippen LogP contribution in [0.3, 0.4) is 0 Å². The highest BCUT2D eigenvalue weighted by molar-refractivity contribution is 6.53. The van der Waals surface area contributed by atoms with Gasteiger partial charge in [0.15, 0.2) is 0 Å². The Morgan fingerprint density at radius 2 is 1.54 bits per heavy atom. The summed E-state index contributed by atoms with van der Waals surface area (Å²) in [6, 6.07) is 15.1. The predicted octanol–water partition coefficient (Wildman–Crippen LogP) is 6.23. The first-order valence-electron chi connectivity index (χ1n) is 10.8. The average Bonchev–Trinajstić information content (AvgIpc) is 3.01. The third kappa shape index (κ3) is 4.81. The number of nitrogens with one attached hydrogen (secondary N) is 1. The second kappa shape index (κ2) is 9.56. The molecular weight excluding hydrogens is 487 g/mol. The number of esters is 1. The Kier molecular flexibility index (Phi) is 6.70. The molecule has 1 heterocycles. The molecule has 0 fully saturated rings. The van der Waals surface area contributed by atoms with E-state index in [1.165, 1.54) is 0 Å². The maximum Gasteiger partial charge on any atom is 0.343 e. The minimum Gasteiger partial charge on any atom is -0.423 e. The molecule has 0 bridgehead atoms. The molecule has 2 amide bonds. The van der Waals surface area contributed by atoms with Gasteiger partial charge in [0.2, 0.25) is 0 Å². The molecule has 3 aromatic rings. The second-order valence-corrected chi connectivity index (χ2v) is 9.18. The van der Waals surface area contributed by atoms with E-state index < -0.39 is 17.8 Å². The van der Waals surface area contributed by atoms with Gasteiger partial charge in [0.25, 0.3) is 11.8 Å². The standard InChI is InChI=1S/C27H22Cl2N2O4/c1-14-11-15(2)17(4)22(12-14)35-27(34)18-5-8-20(9-6-18)30-24-23(29)25(32)31(26(24)33)21-10-7-19(28)13-16(21)3/h5-13,30H,1-4H3. The number of hydrogen-bond acceptors (Lipinski definition) is 5. The molecule has 8 heteroatoms. The van der Waals surface area contributed by atoms with Gasteiger partial charge in [0, 0.05) is 10.7 Å². The molecule has 0 radical (unpaired) electrons. The molecule has 0 spiro atoms. The Morgan fingerprint density at radius 1 is 0.857 bits per heavy atom. The number of rotatable bonds is 5. The van der Waals surface area contributed by atoms with Crippen molar-refractivity contribution in [2.45, 2.75) is 27.7 Å². The lowest BCUT2D eigenvalue weighted by Gasteiger charge is -2.17. The molecule has 3 aromatic carbocycles. The van der Waals surface area contributed by atoms with Crippen LogP contribution in [0.4, 0.5) is 11.4 Å². The zero-order valence-corrected chi connectivity index (χ0v) is 21.0. The lowest BCUT2D eigenvalue weighted by Crippen LogP contribution is -2.32. The maximum absolute atomic E-state index is 13.0. The predicted molar refractivity (Wildman–Crippen MR) is 137 cm³/mol. The van der Waals surface area contributed by atoms with E-state index in [4.69, 9.17) is 27.9 Å². The van der Waals surface area contributed by atoms with Crippen molar-refractivity contribution in [2.24, 2.45) is 0 Å². The molecule has 35 heavy (non-hydrogen) atoms. The summed E-state index contributed by atoms with van der Waals surface area (Å²) in [5.74, 6) is -1.20. The monoisotopic (exact) mass is 508 g/mol. The Balaban J connectivity index is 1.51. The van der Waals surface area contributed by atoms with E-state index in [2.05, 4.69) is 5.32 Å². The van der Waals surface area contributed by atoms with Gasteiger partial charge in [-0.25, -0.2) is 9.69 Å². The van der Waals surface area contributed by atoms with Gasteiger partial charge in [-0.05, 0) is 98.5 Å². The number of halogens is 2. The summed E-state index contributed by atoms with van der Waals surface area (Å²) in [6.45, 7) is 7.55. The van der Waals surface area contributed by atoms with E-state index in [-0.39, 0.29) is 10.7 Å². The van der Waals surface area contributed by atoms with Crippen LogP contribution in [-0.2, 0) is 9.59 Å². The Hall–Kier alpha value is -3.61. The van der Waals surface area contributed by atoms with Crippen LogP contribution in [0.1, 0.15) is 32.6 Å². The first-order valence-corrected chi connectivity index (χ1v) is 11.5. The number of amides is 2. The van der Waals surface area contributed by atoms with Crippen LogP contribution in [0.25, 0.3) is 0 Å². The number of benzene rings is 3. The summed E-state index contributed by atoms with van der Waals surface area (Å²) in [6.07, 6.45) is 0. The van der Waals surface area contributed by atoms with E-state index in [0.717, 1.165) is 21.6 Å². The van der Waals surface area contributed by atoms with Gasteiger partial charge in [0.05, 0.1) is 11.3 Å². The van der Waals surface area contributed by atoms with Gasteiger partial charge in [-0.3, -0.25) is 9.59 Å². The third-order valence-corrected chi connectivity index (χ3v) is 6.37. The van der Waals surface area contributed by atoms with Gasteiger partial charge in [0.1, 0.15) is 16.5 Å². The Labute approximate surface area is 213 Å². The molecule has 178 valence electrons. The van der Waals surface area contributed by atoms with Crippen molar-refractivity contribution in [2.75, 3.05) is 10.2 Å². The lowest BCUT2D eigenvalue weighted by molar-refractivity contribution is -0.120. The van der Waals surface area contributed by atoms with E-state index in [0.29, 0.717) is 33.3 Å². The number of imide groups is 1. The molecule has 0 unspecified atom stereocenters. The van der Waals surface area contributed by atoms with Crippen LogP contribution in [0.15, 0.2) is 65.3 Å². The molecular formula is C27H22Cl2N2O4. The minimum absolute atomic E-state index is 0.0489. The number of carbonyl (C=O) groups excluding carboxylic acids is 3. The quantitative estimate of drug-likeness (QED) is 0.251. The van der Waals surface area contributed by atoms with Crippen molar-refractivity contribution in [3.63, 3.8) is 0 Å². The summed E-state index contributed by atoms with van der Waals surface area (Å²) < 4.78 is 5.59. The van der Waals surface area contributed by atoms with Crippen LogP contribution in [-0.4, -0.2) is 17.8 Å². The molecule has 4 rings (SSSR count).